The molecule has 4 heteroatoms. The normalized spacial score (nSPS) is 17.5. The van der Waals surface area contributed by atoms with Gasteiger partial charge in [0.05, 0.1) is 31.6 Å². The van der Waals surface area contributed by atoms with Gasteiger partial charge in [-0.25, -0.2) is 0 Å². The molecule has 1 N–H and O–H groups in total. The van der Waals surface area contributed by atoms with Crippen molar-refractivity contribution in [3.05, 3.63) is 12.4 Å². The molecular weight excluding hydrogens is 180 g/mol. The maximum atomic E-state index is 8.71. The first-order chi connectivity index (χ1) is 6.88. The van der Waals surface area contributed by atoms with Gasteiger partial charge in [0.1, 0.15) is 0 Å². The van der Waals surface area contributed by atoms with Crippen molar-refractivity contribution in [3.8, 4) is 5.75 Å². The molecule has 1 aliphatic carbocycles. The molecule has 0 aromatic carbocycles. The van der Waals surface area contributed by atoms with Crippen molar-refractivity contribution in [2.24, 2.45) is 0 Å². The lowest BCUT2D eigenvalue weighted by Crippen LogP contribution is -2.10. The molecule has 0 bridgehead atoms. The second-order valence-corrected chi connectivity index (χ2v) is 3.69. The van der Waals surface area contributed by atoms with E-state index in [1.54, 1.807) is 10.9 Å². The van der Waals surface area contributed by atoms with Crippen LogP contribution < -0.4 is 4.74 Å². The summed E-state index contributed by atoms with van der Waals surface area (Å²) in [5.74, 6) is 0.824. The third-order valence-electron chi connectivity index (χ3n) is 2.54. The summed E-state index contributed by atoms with van der Waals surface area (Å²) in [5, 5.41) is 12.8. The average Bonchev–Trinajstić information content (AvgIpc) is 2.79. The molecule has 0 spiro atoms. The zero-order valence-electron chi connectivity index (χ0n) is 8.22. The first-order valence-electron chi connectivity index (χ1n) is 5.18. The lowest BCUT2D eigenvalue weighted by Gasteiger charge is -2.09. The van der Waals surface area contributed by atoms with Gasteiger partial charge in [-0.2, -0.15) is 5.10 Å². The molecule has 2 rings (SSSR count). The van der Waals surface area contributed by atoms with E-state index in [-0.39, 0.29) is 6.61 Å². The minimum Gasteiger partial charge on any atom is -0.487 e. The summed E-state index contributed by atoms with van der Waals surface area (Å²) in [5.41, 5.74) is 0. The largest absolute Gasteiger partial charge is 0.487 e. The van der Waals surface area contributed by atoms with Crippen LogP contribution in [-0.2, 0) is 6.54 Å². The van der Waals surface area contributed by atoms with Crippen LogP contribution in [0.2, 0.25) is 0 Å². The van der Waals surface area contributed by atoms with E-state index in [4.69, 9.17) is 9.84 Å². The number of nitrogens with zero attached hydrogens (tertiary/aromatic N) is 2. The SMILES string of the molecule is OCCn1cc(OC2CCCC2)cn1. The van der Waals surface area contributed by atoms with E-state index in [1.165, 1.54) is 12.8 Å². The van der Waals surface area contributed by atoms with E-state index in [0.717, 1.165) is 18.6 Å². The molecule has 4 nitrogen and oxygen atoms in total. The molecule has 0 atom stereocenters. The van der Waals surface area contributed by atoms with Crippen molar-refractivity contribution in [2.45, 2.75) is 38.3 Å². The molecule has 1 heterocycles. The van der Waals surface area contributed by atoms with Crippen LogP contribution in [0.25, 0.3) is 0 Å². The molecule has 1 saturated carbocycles. The number of rotatable bonds is 4. The monoisotopic (exact) mass is 196 g/mol. The quantitative estimate of drug-likeness (QED) is 0.787. The van der Waals surface area contributed by atoms with Crippen LogP contribution in [0.15, 0.2) is 12.4 Å². The topological polar surface area (TPSA) is 47.3 Å². The van der Waals surface area contributed by atoms with Crippen LogP contribution in [0.4, 0.5) is 0 Å². The maximum Gasteiger partial charge on any atom is 0.157 e. The second-order valence-electron chi connectivity index (χ2n) is 3.69. The Bertz CT molecular complexity index is 279. The fraction of sp³-hybridized carbons (Fsp3) is 0.700. The molecule has 0 unspecified atom stereocenters. The van der Waals surface area contributed by atoms with Gasteiger partial charge in [0, 0.05) is 0 Å². The summed E-state index contributed by atoms with van der Waals surface area (Å²) in [6.07, 6.45) is 8.80. The Labute approximate surface area is 83.5 Å². The van der Waals surface area contributed by atoms with Crippen molar-refractivity contribution >= 4 is 0 Å². The van der Waals surface area contributed by atoms with Gasteiger partial charge in [-0.3, -0.25) is 4.68 Å². The van der Waals surface area contributed by atoms with Gasteiger partial charge >= 0.3 is 0 Å². The van der Waals surface area contributed by atoms with Gasteiger partial charge in [0.2, 0.25) is 0 Å². The third kappa shape index (κ3) is 2.26. The van der Waals surface area contributed by atoms with Gasteiger partial charge < -0.3 is 9.84 Å². The van der Waals surface area contributed by atoms with Crippen molar-refractivity contribution in [1.82, 2.24) is 9.78 Å². The van der Waals surface area contributed by atoms with Crippen LogP contribution in [-0.4, -0.2) is 27.6 Å². The van der Waals surface area contributed by atoms with Crippen molar-refractivity contribution in [3.63, 3.8) is 0 Å². The molecule has 1 aromatic rings. The summed E-state index contributed by atoms with van der Waals surface area (Å²) in [6.45, 7) is 0.651. The minimum atomic E-state index is 0.116. The fourth-order valence-electron chi connectivity index (χ4n) is 1.83. The first kappa shape index (κ1) is 9.52. The third-order valence-corrected chi connectivity index (χ3v) is 2.54. The molecule has 0 amide bonds. The zero-order chi connectivity index (χ0) is 9.80. The van der Waals surface area contributed by atoms with Crippen molar-refractivity contribution < 1.29 is 9.84 Å². The summed E-state index contributed by atoms with van der Waals surface area (Å²) in [7, 11) is 0. The minimum absolute atomic E-state index is 0.116. The Hall–Kier alpha value is -1.03. The first-order valence-corrected chi connectivity index (χ1v) is 5.18. The van der Waals surface area contributed by atoms with Gasteiger partial charge in [0.25, 0.3) is 0 Å². The molecule has 0 saturated heterocycles. The Morgan fingerprint density at radius 1 is 1.50 bits per heavy atom. The fourth-order valence-corrected chi connectivity index (χ4v) is 1.83. The summed E-state index contributed by atoms with van der Waals surface area (Å²) >= 11 is 0. The molecule has 0 aliphatic heterocycles. The molecule has 78 valence electrons. The lowest BCUT2D eigenvalue weighted by atomic mass is 10.3. The standard InChI is InChI=1S/C10H16N2O2/c13-6-5-12-8-10(7-11-12)14-9-3-1-2-4-9/h7-9,13H,1-6H2. The average molecular weight is 196 g/mol. The van der Waals surface area contributed by atoms with Crippen LogP contribution >= 0.6 is 0 Å². The molecule has 1 aliphatic rings. The smallest absolute Gasteiger partial charge is 0.157 e. The van der Waals surface area contributed by atoms with E-state index in [1.807, 2.05) is 6.20 Å². The summed E-state index contributed by atoms with van der Waals surface area (Å²) < 4.78 is 7.44. The van der Waals surface area contributed by atoms with Gasteiger partial charge in [0.15, 0.2) is 5.75 Å². The van der Waals surface area contributed by atoms with Crippen molar-refractivity contribution in [2.75, 3.05) is 6.61 Å². The number of aromatic nitrogens is 2. The van der Waals surface area contributed by atoms with Gasteiger partial charge in [-0.05, 0) is 25.7 Å². The molecular formula is C10H16N2O2. The number of hydrogen-bond acceptors (Lipinski definition) is 3. The zero-order valence-corrected chi connectivity index (χ0v) is 8.22. The van der Waals surface area contributed by atoms with E-state index >= 15 is 0 Å². The number of ether oxygens (including phenoxy) is 1. The van der Waals surface area contributed by atoms with E-state index in [2.05, 4.69) is 5.10 Å². The summed E-state index contributed by atoms with van der Waals surface area (Å²) in [4.78, 5) is 0. The summed E-state index contributed by atoms with van der Waals surface area (Å²) in [6, 6.07) is 0. The Kier molecular flexibility index (Phi) is 3.03. The lowest BCUT2D eigenvalue weighted by molar-refractivity contribution is 0.209. The Morgan fingerprint density at radius 3 is 3.00 bits per heavy atom. The highest BCUT2D eigenvalue weighted by molar-refractivity contribution is 5.12. The Balaban J connectivity index is 1.88. The van der Waals surface area contributed by atoms with E-state index < -0.39 is 0 Å². The van der Waals surface area contributed by atoms with E-state index in [9.17, 15) is 0 Å². The van der Waals surface area contributed by atoms with Crippen LogP contribution in [0.5, 0.6) is 5.75 Å². The molecule has 0 radical (unpaired) electrons. The number of hydrogen-bond donors (Lipinski definition) is 1. The highest BCUT2D eigenvalue weighted by atomic mass is 16.5. The van der Waals surface area contributed by atoms with Crippen LogP contribution in [0, 0.1) is 0 Å². The molecule has 1 fully saturated rings. The highest BCUT2D eigenvalue weighted by Crippen LogP contribution is 2.23. The number of aliphatic hydroxyl groups excluding tert-OH is 1. The van der Waals surface area contributed by atoms with Gasteiger partial charge in [-0.1, -0.05) is 0 Å². The van der Waals surface area contributed by atoms with Crippen LogP contribution in [0.3, 0.4) is 0 Å². The van der Waals surface area contributed by atoms with Crippen LogP contribution in [0.1, 0.15) is 25.7 Å². The van der Waals surface area contributed by atoms with Gasteiger partial charge in [-0.15, -0.1) is 0 Å². The predicted molar refractivity (Wildman–Crippen MR) is 52.2 cm³/mol. The molecule has 1 aromatic heterocycles. The van der Waals surface area contributed by atoms with E-state index in [0.29, 0.717) is 12.6 Å². The predicted octanol–water partition coefficient (Wildman–Crippen LogP) is 1.20. The number of aliphatic hydroxyl groups is 1. The highest BCUT2D eigenvalue weighted by Gasteiger charge is 2.16. The second kappa shape index (κ2) is 4.46. The Morgan fingerprint density at radius 2 is 2.29 bits per heavy atom. The maximum absolute atomic E-state index is 8.71. The van der Waals surface area contributed by atoms with Crippen molar-refractivity contribution in [1.29, 1.82) is 0 Å². The molecule has 14 heavy (non-hydrogen) atoms.